The minimum Gasteiger partial charge on any atom is -0.368 e. The summed E-state index contributed by atoms with van der Waals surface area (Å²) in [5.74, 6) is 0.971. The Labute approximate surface area is 151 Å². The lowest BCUT2D eigenvalue weighted by Crippen LogP contribution is -2.55. The summed E-state index contributed by atoms with van der Waals surface area (Å²) in [6, 6.07) is -0.0579. The molecule has 4 heterocycles. The number of carbonyl (C=O) groups excluding carboxylic acids is 1. The van der Waals surface area contributed by atoms with Crippen LogP contribution in [0.2, 0.25) is 0 Å². The summed E-state index contributed by atoms with van der Waals surface area (Å²) in [5, 5.41) is 5.25. The number of urea groups is 1. The maximum absolute atomic E-state index is 12.4. The van der Waals surface area contributed by atoms with E-state index in [0.29, 0.717) is 24.8 Å². The zero-order valence-electron chi connectivity index (χ0n) is 13.4. The first-order valence-corrected chi connectivity index (χ1v) is 9.46. The van der Waals surface area contributed by atoms with Crippen LogP contribution in [0, 0.1) is 0 Å². The summed E-state index contributed by atoms with van der Waals surface area (Å²) in [6.07, 6.45) is 1.67. The molecule has 0 saturated carbocycles. The molecule has 3 aromatic rings. The fraction of sp³-hybridized carbons (Fsp3) is 0.357. The van der Waals surface area contributed by atoms with Crippen LogP contribution in [0.4, 0.5) is 21.7 Å². The lowest BCUT2D eigenvalue weighted by Gasteiger charge is -2.40. The van der Waals surface area contributed by atoms with Gasteiger partial charge >= 0.3 is 6.03 Å². The van der Waals surface area contributed by atoms with E-state index >= 15 is 0 Å². The second-order valence-corrected chi connectivity index (χ2v) is 7.40. The standard InChI is InChI=1S/C14H16N8OS2/c1-8-6-21(14(23)20-13-16-2-5-24-13)3-4-22(8)10-9-11(25-7-17-9)19-12(15)18-10/h2,5,7-8H,3-4,6H2,1H3,(H2,15,18,19)(H,16,20,23). The quantitative estimate of drug-likeness (QED) is 0.702. The van der Waals surface area contributed by atoms with Gasteiger partial charge in [0.15, 0.2) is 15.8 Å². The molecule has 1 aliphatic rings. The first kappa shape index (κ1) is 16.0. The molecule has 1 fully saturated rings. The van der Waals surface area contributed by atoms with Crippen LogP contribution in [0.25, 0.3) is 10.3 Å². The van der Waals surface area contributed by atoms with Crippen molar-refractivity contribution in [3.8, 4) is 0 Å². The number of hydrogen-bond donors (Lipinski definition) is 2. The molecule has 0 radical (unpaired) electrons. The third-order valence-electron chi connectivity index (χ3n) is 4.03. The van der Waals surface area contributed by atoms with Gasteiger partial charge in [-0.2, -0.15) is 4.98 Å². The molecule has 1 atom stereocenters. The highest BCUT2D eigenvalue weighted by molar-refractivity contribution is 7.16. The van der Waals surface area contributed by atoms with Crippen molar-refractivity contribution in [3.05, 3.63) is 17.1 Å². The fourth-order valence-corrected chi connectivity index (χ4v) is 4.05. The Morgan fingerprint density at radius 2 is 2.20 bits per heavy atom. The molecule has 1 aliphatic heterocycles. The van der Waals surface area contributed by atoms with E-state index in [9.17, 15) is 4.79 Å². The van der Waals surface area contributed by atoms with Gasteiger partial charge in [-0.3, -0.25) is 5.32 Å². The Kier molecular flexibility index (Phi) is 4.09. The molecule has 25 heavy (non-hydrogen) atoms. The molecular weight excluding hydrogens is 360 g/mol. The maximum Gasteiger partial charge on any atom is 0.323 e. The fourth-order valence-electron chi connectivity index (χ4n) is 2.88. The average Bonchev–Trinajstić information content (AvgIpc) is 3.25. The van der Waals surface area contributed by atoms with Crippen LogP contribution in [0.5, 0.6) is 0 Å². The number of piperazine rings is 1. The molecule has 3 N–H and O–H groups in total. The SMILES string of the molecule is CC1CN(C(=O)Nc2nccs2)CCN1c1nc(N)nc2scnc12. The molecular formula is C14H16N8OS2. The number of anilines is 3. The lowest BCUT2D eigenvalue weighted by atomic mass is 10.2. The van der Waals surface area contributed by atoms with E-state index in [2.05, 4.69) is 37.1 Å². The van der Waals surface area contributed by atoms with Crippen molar-refractivity contribution < 1.29 is 4.79 Å². The van der Waals surface area contributed by atoms with Crippen molar-refractivity contribution in [2.24, 2.45) is 0 Å². The van der Waals surface area contributed by atoms with Crippen LogP contribution in [0.1, 0.15) is 6.92 Å². The number of rotatable bonds is 2. The number of nitrogens with zero attached hydrogens (tertiary/aromatic N) is 6. The molecule has 9 nitrogen and oxygen atoms in total. The maximum atomic E-state index is 12.4. The molecule has 4 rings (SSSR count). The molecule has 11 heteroatoms. The molecule has 1 saturated heterocycles. The summed E-state index contributed by atoms with van der Waals surface area (Å²) >= 11 is 2.84. The third-order valence-corrected chi connectivity index (χ3v) is 5.44. The molecule has 0 aromatic carbocycles. The highest BCUT2D eigenvalue weighted by Crippen LogP contribution is 2.28. The van der Waals surface area contributed by atoms with Crippen molar-refractivity contribution in [1.82, 2.24) is 24.8 Å². The van der Waals surface area contributed by atoms with Crippen LogP contribution in [-0.2, 0) is 0 Å². The van der Waals surface area contributed by atoms with Crippen molar-refractivity contribution in [3.63, 3.8) is 0 Å². The predicted octanol–water partition coefficient (Wildman–Crippen LogP) is 1.87. The largest absolute Gasteiger partial charge is 0.368 e. The molecule has 0 spiro atoms. The number of thiazole rings is 2. The van der Waals surface area contributed by atoms with Gasteiger partial charge < -0.3 is 15.5 Å². The molecule has 3 aromatic heterocycles. The van der Waals surface area contributed by atoms with Gasteiger partial charge in [0.05, 0.1) is 5.51 Å². The second kappa shape index (κ2) is 6.41. The minimum atomic E-state index is -0.137. The number of nitrogens with two attached hydrogens (primary N) is 1. The first-order chi connectivity index (χ1) is 12.1. The Bertz CT molecular complexity index is 896. The van der Waals surface area contributed by atoms with Crippen molar-refractivity contribution >= 4 is 55.9 Å². The summed E-state index contributed by atoms with van der Waals surface area (Å²) in [6.45, 7) is 3.86. The number of aromatic nitrogens is 4. The molecule has 130 valence electrons. The van der Waals surface area contributed by atoms with Gasteiger partial charge in [0.1, 0.15) is 5.52 Å². The first-order valence-electron chi connectivity index (χ1n) is 7.70. The van der Waals surface area contributed by atoms with E-state index in [1.54, 1.807) is 16.6 Å². The van der Waals surface area contributed by atoms with Gasteiger partial charge in [-0.1, -0.05) is 0 Å². The number of hydrogen-bond acceptors (Lipinski definition) is 9. The number of amides is 2. The monoisotopic (exact) mass is 376 g/mol. The molecule has 0 aliphatic carbocycles. The average molecular weight is 376 g/mol. The van der Waals surface area contributed by atoms with Crippen LogP contribution < -0.4 is 16.0 Å². The summed E-state index contributed by atoms with van der Waals surface area (Å²) < 4.78 is 0. The Hall–Kier alpha value is -2.53. The van der Waals surface area contributed by atoms with Crippen LogP contribution in [0.15, 0.2) is 17.1 Å². The van der Waals surface area contributed by atoms with E-state index in [4.69, 9.17) is 5.73 Å². The zero-order chi connectivity index (χ0) is 17.4. The normalized spacial score (nSPS) is 17.9. The number of fused-ring (bicyclic) bond motifs is 1. The lowest BCUT2D eigenvalue weighted by molar-refractivity contribution is 0.200. The summed E-state index contributed by atoms with van der Waals surface area (Å²) in [4.78, 5) is 34.1. The molecule has 0 bridgehead atoms. The van der Waals surface area contributed by atoms with Crippen LogP contribution in [0.3, 0.4) is 0 Å². The number of nitrogen functional groups attached to an aromatic ring is 1. The number of carbonyl (C=O) groups is 1. The Morgan fingerprint density at radius 3 is 2.96 bits per heavy atom. The van der Waals surface area contributed by atoms with Crippen LogP contribution in [-0.4, -0.2) is 56.5 Å². The smallest absolute Gasteiger partial charge is 0.323 e. The minimum absolute atomic E-state index is 0.0787. The van der Waals surface area contributed by atoms with E-state index in [0.717, 1.165) is 16.2 Å². The van der Waals surface area contributed by atoms with Gasteiger partial charge in [0.25, 0.3) is 0 Å². The van der Waals surface area contributed by atoms with Gasteiger partial charge in [0, 0.05) is 37.3 Å². The van der Waals surface area contributed by atoms with Gasteiger partial charge in [-0.05, 0) is 6.92 Å². The predicted molar refractivity (Wildman–Crippen MR) is 99.1 cm³/mol. The zero-order valence-corrected chi connectivity index (χ0v) is 15.0. The van der Waals surface area contributed by atoms with Crippen molar-refractivity contribution in [2.45, 2.75) is 13.0 Å². The van der Waals surface area contributed by atoms with Gasteiger partial charge in [0.2, 0.25) is 5.95 Å². The van der Waals surface area contributed by atoms with Gasteiger partial charge in [-0.15, -0.1) is 22.7 Å². The van der Waals surface area contributed by atoms with Gasteiger partial charge in [-0.25, -0.2) is 19.7 Å². The van der Waals surface area contributed by atoms with Crippen molar-refractivity contribution in [1.29, 1.82) is 0 Å². The van der Waals surface area contributed by atoms with E-state index in [-0.39, 0.29) is 18.0 Å². The van der Waals surface area contributed by atoms with Crippen molar-refractivity contribution in [2.75, 3.05) is 35.6 Å². The summed E-state index contributed by atoms with van der Waals surface area (Å²) in [7, 11) is 0. The van der Waals surface area contributed by atoms with Crippen LogP contribution >= 0.6 is 22.7 Å². The van der Waals surface area contributed by atoms with E-state index < -0.39 is 0 Å². The van der Waals surface area contributed by atoms with E-state index in [1.165, 1.54) is 22.7 Å². The topological polar surface area (TPSA) is 113 Å². The highest BCUT2D eigenvalue weighted by Gasteiger charge is 2.29. The van der Waals surface area contributed by atoms with E-state index in [1.807, 2.05) is 5.38 Å². The second-order valence-electron chi connectivity index (χ2n) is 5.67. The molecule has 2 amide bonds. The Balaban J connectivity index is 1.51. The number of nitrogens with one attached hydrogen (secondary N) is 1. The Morgan fingerprint density at radius 1 is 1.32 bits per heavy atom. The third kappa shape index (κ3) is 3.07. The highest BCUT2D eigenvalue weighted by atomic mass is 32.1. The summed E-state index contributed by atoms with van der Waals surface area (Å²) in [5.41, 5.74) is 8.33. The molecule has 1 unspecified atom stereocenters.